The molecule has 19 heavy (non-hydrogen) atoms. The Balaban J connectivity index is 2.21. The van der Waals surface area contributed by atoms with E-state index in [1.54, 1.807) is 29.3 Å². The van der Waals surface area contributed by atoms with Gasteiger partial charge in [0.2, 0.25) is 0 Å². The van der Waals surface area contributed by atoms with Gasteiger partial charge in [0.05, 0.1) is 14.6 Å². The molecule has 2 N–H and O–H groups in total. The molecule has 0 fully saturated rings. The van der Waals surface area contributed by atoms with E-state index in [4.69, 9.17) is 17.3 Å². The predicted molar refractivity (Wildman–Crippen MR) is 88.1 cm³/mol. The highest BCUT2D eigenvalue weighted by Gasteiger charge is 2.22. The molecule has 0 amide bonds. The van der Waals surface area contributed by atoms with E-state index in [1.807, 2.05) is 18.2 Å². The van der Waals surface area contributed by atoms with Crippen LogP contribution in [0.15, 0.2) is 40.0 Å². The summed E-state index contributed by atoms with van der Waals surface area (Å²) in [6, 6.07) is 8.06. The first-order valence-corrected chi connectivity index (χ1v) is 8.76. The maximum Gasteiger partial charge on any atom is 0.0967 e. The molecule has 0 saturated heterocycles. The van der Waals surface area contributed by atoms with E-state index < -0.39 is 0 Å². The zero-order valence-electron chi connectivity index (χ0n) is 10.3. The second kappa shape index (κ2) is 7.09. The van der Waals surface area contributed by atoms with E-state index in [-0.39, 0.29) is 11.3 Å². The lowest BCUT2D eigenvalue weighted by Gasteiger charge is -2.20. The Morgan fingerprint density at radius 3 is 2.74 bits per heavy atom. The van der Waals surface area contributed by atoms with Gasteiger partial charge in [-0.25, -0.2) is 4.98 Å². The summed E-state index contributed by atoms with van der Waals surface area (Å²) in [6.07, 6.45) is 2.72. The average molecular weight is 378 g/mol. The van der Waals surface area contributed by atoms with Gasteiger partial charge in [0.15, 0.2) is 0 Å². The molecule has 2 heterocycles. The largest absolute Gasteiger partial charge is 0.326 e. The van der Waals surface area contributed by atoms with E-state index in [0.717, 1.165) is 20.3 Å². The Kier molecular flexibility index (Phi) is 5.71. The number of nitrogens with zero attached hydrogens (tertiary/aromatic N) is 1. The maximum atomic E-state index is 6.24. The van der Waals surface area contributed by atoms with Crippen LogP contribution in [-0.4, -0.2) is 11.0 Å². The number of pyridine rings is 1. The van der Waals surface area contributed by atoms with Crippen molar-refractivity contribution in [2.24, 2.45) is 5.73 Å². The first-order chi connectivity index (χ1) is 9.10. The summed E-state index contributed by atoms with van der Waals surface area (Å²) in [5.41, 5.74) is 6.24. The van der Waals surface area contributed by atoms with Crippen LogP contribution in [0.2, 0.25) is 4.34 Å². The topological polar surface area (TPSA) is 38.9 Å². The van der Waals surface area contributed by atoms with Gasteiger partial charge in [0.25, 0.3) is 0 Å². The zero-order chi connectivity index (χ0) is 13.8. The van der Waals surface area contributed by atoms with Crippen molar-refractivity contribution in [1.29, 1.82) is 0 Å². The van der Waals surface area contributed by atoms with Crippen molar-refractivity contribution < 1.29 is 0 Å². The Bertz CT molecular complexity index is 530. The first kappa shape index (κ1) is 15.3. The van der Waals surface area contributed by atoms with Gasteiger partial charge in [-0.3, -0.25) is 0 Å². The van der Waals surface area contributed by atoms with Crippen LogP contribution in [0.5, 0.6) is 0 Å². The third-order valence-electron chi connectivity index (χ3n) is 2.68. The highest BCUT2D eigenvalue weighted by molar-refractivity contribution is 9.10. The Hall–Kier alpha value is -0.0700. The number of hydrogen-bond donors (Lipinski definition) is 1. The number of nitrogens with two attached hydrogens (primary N) is 1. The standard InChI is InChI=1S/C13H14BrClN2S2/c1-2-9(16)13(10-4-5-11(15)18-10)19-12-6-3-8(14)7-17-12/h3-7,9,13H,2,16H2,1H3. The van der Waals surface area contributed by atoms with Crippen molar-refractivity contribution >= 4 is 50.6 Å². The van der Waals surface area contributed by atoms with Crippen LogP contribution < -0.4 is 5.73 Å². The van der Waals surface area contributed by atoms with Crippen molar-refractivity contribution in [3.63, 3.8) is 0 Å². The molecule has 0 spiro atoms. The van der Waals surface area contributed by atoms with Crippen LogP contribution >= 0.6 is 50.6 Å². The minimum atomic E-state index is 0.0881. The number of rotatable bonds is 5. The lowest BCUT2D eigenvalue weighted by Crippen LogP contribution is -2.25. The molecule has 2 atom stereocenters. The van der Waals surface area contributed by atoms with Gasteiger partial charge in [0, 0.05) is 21.6 Å². The van der Waals surface area contributed by atoms with Crippen LogP contribution in [0.25, 0.3) is 0 Å². The smallest absolute Gasteiger partial charge is 0.0967 e. The molecule has 0 bridgehead atoms. The third kappa shape index (κ3) is 4.20. The summed E-state index contributed by atoms with van der Waals surface area (Å²) >= 11 is 12.7. The molecule has 102 valence electrons. The third-order valence-corrected chi connectivity index (χ3v) is 5.96. The van der Waals surface area contributed by atoms with Gasteiger partial charge in [-0.15, -0.1) is 11.3 Å². The summed E-state index contributed by atoms with van der Waals surface area (Å²) in [6.45, 7) is 2.10. The van der Waals surface area contributed by atoms with Crippen LogP contribution in [0.1, 0.15) is 23.5 Å². The van der Waals surface area contributed by atoms with E-state index in [0.29, 0.717) is 0 Å². The normalized spacial score (nSPS) is 14.3. The average Bonchev–Trinajstić information content (AvgIpc) is 2.83. The molecular formula is C13H14BrClN2S2. The van der Waals surface area contributed by atoms with Crippen molar-refractivity contribution in [3.05, 3.63) is 44.1 Å². The summed E-state index contributed by atoms with van der Waals surface area (Å²) in [5, 5.41) is 1.16. The lowest BCUT2D eigenvalue weighted by molar-refractivity contribution is 0.639. The van der Waals surface area contributed by atoms with Gasteiger partial charge in [-0.05, 0) is 46.6 Å². The molecule has 0 aliphatic heterocycles. The molecule has 0 aliphatic carbocycles. The molecule has 2 nitrogen and oxygen atoms in total. The van der Waals surface area contributed by atoms with Crippen molar-refractivity contribution in [2.75, 3.05) is 0 Å². The summed E-state index contributed by atoms with van der Waals surface area (Å²) in [4.78, 5) is 5.60. The van der Waals surface area contributed by atoms with E-state index in [1.165, 1.54) is 4.88 Å². The maximum absolute atomic E-state index is 6.24. The van der Waals surface area contributed by atoms with Crippen LogP contribution in [0.3, 0.4) is 0 Å². The van der Waals surface area contributed by atoms with E-state index in [2.05, 4.69) is 33.9 Å². The number of thiophene rings is 1. The van der Waals surface area contributed by atoms with E-state index in [9.17, 15) is 0 Å². The van der Waals surface area contributed by atoms with Crippen molar-refractivity contribution in [2.45, 2.75) is 29.7 Å². The molecule has 6 heteroatoms. The SMILES string of the molecule is CCC(N)C(Sc1ccc(Br)cn1)c1ccc(Cl)s1. The van der Waals surface area contributed by atoms with Gasteiger partial charge in [-0.1, -0.05) is 30.3 Å². The van der Waals surface area contributed by atoms with Crippen LogP contribution in [-0.2, 0) is 0 Å². The molecule has 2 aromatic rings. The quantitative estimate of drug-likeness (QED) is 0.734. The Labute approximate surface area is 134 Å². The Morgan fingerprint density at radius 1 is 1.42 bits per heavy atom. The Morgan fingerprint density at radius 2 is 2.21 bits per heavy atom. The minimum Gasteiger partial charge on any atom is -0.326 e. The molecule has 0 saturated carbocycles. The van der Waals surface area contributed by atoms with Gasteiger partial charge in [0.1, 0.15) is 0 Å². The summed E-state index contributed by atoms with van der Waals surface area (Å²) in [7, 11) is 0. The minimum absolute atomic E-state index is 0.0881. The second-order valence-electron chi connectivity index (χ2n) is 4.07. The van der Waals surface area contributed by atoms with Gasteiger partial charge < -0.3 is 5.73 Å². The molecule has 0 aromatic carbocycles. The van der Waals surface area contributed by atoms with Crippen molar-refractivity contribution in [1.82, 2.24) is 4.98 Å². The number of halogens is 2. The first-order valence-electron chi connectivity index (χ1n) is 5.89. The molecule has 0 aliphatic rings. The highest BCUT2D eigenvalue weighted by atomic mass is 79.9. The number of thioether (sulfide) groups is 1. The fourth-order valence-corrected chi connectivity index (χ4v) is 4.34. The lowest BCUT2D eigenvalue weighted by atomic mass is 10.1. The molecule has 2 aromatic heterocycles. The van der Waals surface area contributed by atoms with Gasteiger partial charge in [-0.2, -0.15) is 0 Å². The van der Waals surface area contributed by atoms with Gasteiger partial charge >= 0.3 is 0 Å². The number of hydrogen-bond acceptors (Lipinski definition) is 4. The fourth-order valence-electron chi connectivity index (χ4n) is 1.61. The molecule has 2 rings (SSSR count). The zero-order valence-corrected chi connectivity index (χ0v) is 14.3. The van der Waals surface area contributed by atoms with E-state index >= 15 is 0 Å². The molecule has 2 unspecified atom stereocenters. The number of aromatic nitrogens is 1. The predicted octanol–water partition coefficient (Wildman–Crippen LogP) is 5.13. The van der Waals surface area contributed by atoms with Crippen LogP contribution in [0.4, 0.5) is 0 Å². The highest BCUT2D eigenvalue weighted by Crippen LogP contribution is 2.41. The fraction of sp³-hybridized carbons (Fsp3) is 0.308. The second-order valence-corrected chi connectivity index (χ2v) is 7.89. The monoisotopic (exact) mass is 376 g/mol. The molecule has 0 radical (unpaired) electrons. The van der Waals surface area contributed by atoms with Crippen LogP contribution in [0, 0.1) is 0 Å². The summed E-state index contributed by atoms with van der Waals surface area (Å²) < 4.78 is 1.78. The summed E-state index contributed by atoms with van der Waals surface area (Å²) in [5.74, 6) is 0. The van der Waals surface area contributed by atoms with Crippen molar-refractivity contribution in [3.8, 4) is 0 Å². The molecular weight excluding hydrogens is 364 g/mol.